The van der Waals surface area contributed by atoms with E-state index in [0.29, 0.717) is 18.2 Å². The molecule has 1 aliphatic rings. The number of fused-ring (bicyclic) bond motifs is 1. The Kier molecular flexibility index (Phi) is 8.02. The summed E-state index contributed by atoms with van der Waals surface area (Å²) in [7, 11) is 1.68. The molecule has 1 amide bonds. The predicted molar refractivity (Wildman–Crippen MR) is 155 cm³/mol. The SMILES string of the molecule is CCc1nc(NC(=O)Cc2ccc3ccccc3c2)c(CC2CCCCC2)nc1-c1ccc(OC)cc1C. The minimum atomic E-state index is -0.0603. The molecule has 196 valence electrons. The molecule has 38 heavy (non-hydrogen) atoms. The van der Waals surface area contributed by atoms with Crippen LogP contribution in [0.25, 0.3) is 22.0 Å². The molecule has 4 aromatic rings. The number of rotatable bonds is 8. The highest BCUT2D eigenvalue weighted by atomic mass is 16.5. The highest BCUT2D eigenvalue weighted by molar-refractivity contribution is 5.93. The van der Waals surface area contributed by atoms with E-state index in [1.54, 1.807) is 7.11 Å². The largest absolute Gasteiger partial charge is 0.497 e. The van der Waals surface area contributed by atoms with Gasteiger partial charge in [0.1, 0.15) is 5.75 Å². The second kappa shape index (κ2) is 11.8. The lowest BCUT2D eigenvalue weighted by Crippen LogP contribution is -2.20. The van der Waals surface area contributed by atoms with Gasteiger partial charge in [-0.15, -0.1) is 0 Å². The molecule has 1 aromatic heterocycles. The van der Waals surface area contributed by atoms with Gasteiger partial charge in [0.25, 0.3) is 0 Å². The molecular formula is C33H37N3O2. The number of hydrogen-bond acceptors (Lipinski definition) is 4. The number of carbonyl (C=O) groups is 1. The fourth-order valence-corrected chi connectivity index (χ4v) is 5.61. The molecule has 5 heteroatoms. The third-order valence-corrected chi connectivity index (χ3v) is 7.71. The first-order valence-corrected chi connectivity index (χ1v) is 13.9. The molecule has 5 nitrogen and oxygen atoms in total. The van der Waals surface area contributed by atoms with Gasteiger partial charge in [0.15, 0.2) is 5.82 Å². The monoisotopic (exact) mass is 507 g/mol. The number of aryl methyl sites for hydroxylation is 2. The Morgan fingerprint density at radius 3 is 2.47 bits per heavy atom. The summed E-state index contributed by atoms with van der Waals surface area (Å²) in [6.07, 6.45) is 8.12. The van der Waals surface area contributed by atoms with Gasteiger partial charge >= 0.3 is 0 Å². The van der Waals surface area contributed by atoms with Crippen molar-refractivity contribution in [3.05, 3.63) is 83.2 Å². The van der Waals surface area contributed by atoms with Gasteiger partial charge in [-0.1, -0.05) is 81.5 Å². The molecule has 0 bridgehead atoms. The molecular weight excluding hydrogens is 470 g/mol. The Morgan fingerprint density at radius 1 is 0.947 bits per heavy atom. The first-order valence-electron chi connectivity index (χ1n) is 13.9. The first-order chi connectivity index (χ1) is 18.5. The second-order valence-corrected chi connectivity index (χ2v) is 10.5. The van der Waals surface area contributed by atoms with E-state index in [2.05, 4.69) is 49.5 Å². The molecule has 0 spiro atoms. The van der Waals surface area contributed by atoms with Crippen LogP contribution in [0.15, 0.2) is 60.7 Å². The zero-order valence-electron chi connectivity index (χ0n) is 22.7. The van der Waals surface area contributed by atoms with E-state index in [0.717, 1.165) is 57.7 Å². The van der Waals surface area contributed by atoms with Crippen molar-refractivity contribution in [1.82, 2.24) is 9.97 Å². The number of amides is 1. The summed E-state index contributed by atoms with van der Waals surface area (Å²) in [4.78, 5) is 23.5. The van der Waals surface area contributed by atoms with Crippen LogP contribution in [0.1, 0.15) is 61.5 Å². The van der Waals surface area contributed by atoms with E-state index in [-0.39, 0.29) is 5.91 Å². The van der Waals surface area contributed by atoms with Crippen molar-refractivity contribution in [3.8, 4) is 17.0 Å². The topological polar surface area (TPSA) is 64.1 Å². The predicted octanol–water partition coefficient (Wildman–Crippen LogP) is 7.48. The molecule has 0 unspecified atom stereocenters. The summed E-state index contributed by atoms with van der Waals surface area (Å²) in [5.74, 6) is 1.96. The van der Waals surface area contributed by atoms with Gasteiger partial charge in [-0.25, -0.2) is 9.97 Å². The van der Waals surface area contributed by atoms with Crippen molar-refractivity contribution >= 4 is 22.5 Å². The van der Waals surface area contributed by atoms with Crippen LogP contribution in [0.3, 0.4) is 0 Å². The van der Waals surface area contributed by atoms with Crippen LogP contribution in [0.5, 0.6) is 5.75 Å². The fraction of sp³-hybridized carbons (Fsp3) is 0.364. The summed E-state index contributed by atoms with van der Waals surface area (Å²) >= 11 is 0. The normalized spacial score (nSPS) is 14.0. The second-order valence-electron chi connectivity index (χ2n) is 10.5. The summed E-state index contributed by atoms with van der Waals surface area (Å²) in [6, 6.07) is 20.5. The Hall–Kier alpha value is -3.73. The molecule has 5 rings (SSSR count). The summed E-state index contributed by atoms with van der Waals surface area (Å²) < 4.78 is 5.42. The minimum Gasteiger partial charge on any atom is -0.497 e. The Morgan fingerprint density at radius 2 is 1.74 bits per heavy atom. The molecule has 1 aliphatic carbocycles. The van der Waals surface area contributed by atoms with E-state index in [1.807, 2.05) is 30.3 Å². The van der Waals surface area contributed by atoms with E-state index in [4.69, 9.17) is 14.7 Å². The van der Waals surface area contributed by atoms with Gasteiger partial charge in [-0.2, -0.15) is 0 Å². The van der Waals surface area contributed by atoms with Gasteiger partial charge < -0.3 is 10.1 Å². The Labute approximate surface area is 225 Å². The molecule has 1 saturated carbocycles. The zero-order valence-corrected chi connectivity index (χ0v) is 22.7. The van der Waals surface area contributed by atoms with Crippen molar-refractivity contribution in [2.24, 2.45) is 5.92 Å². The van der Waals surface area contributed by atoms with E-state index in [1.165, 1.54) is 37.5 Å². The van der Waals surface area contributed by atoms with Gasteiger partial charge in [0.05, 0.1) is 30.6 Å². The number of hydrogen-bond donors (Lipinski definition) is 1. The van der Waals surface area contributed by atoms with Crippen molar-refractivity contribution in [1.29, 1.82) is 0 Å². The quantitative estimate of drug-likeness (QED) is 0.268. The lowest BCUT2D eigenvalue weighted by molar-refractivity contribution is -0.115. The highest BCUT2D eigenvalue weighted by Crippen LogP contribution is 2.33. The molecule has 0 saturated heterocycles. The highest BCUT2D eigenvalue weighted by Gasteiger charge is 2.22. The number of carbonyl (C=O) groups excluding carboxylic acids is 1. The first kappa shape index (κ1) is 25.9. The van der Waals surface area contributed by atoms with Gasteiger partial charge in [-0.05, 0) is 65.8 Å². The van der Waals surface area contributed by atoms with Crippen molar-refractivity contribution in [2.75, 3.05) is 12.4 Å². The lowest BCUT2D eigenvalue weighted by Gasteiger charge is -2.23. The summed E-state index contributed by atoms with van der Waals surface area (Å²) in [6.45, 7) is 4.17. The van der Waals surface area contributed by atoms with Crippen LogP contribution in [0.2, 0.25) is 0 Å². The van der Waals surface area contributed by atoms with Crippen LogP contribution in [0.4, 0.5) is 5.82 Å². The number of benzene rings is 3. The smallest absolute Gasteiger partial charge is 0.229 e. The third kappa shape index (κ3) is 5.88. The van der Waals surface area contributed by atoms with Crippen LogP contribution >= 0.6 is 0 Å². The third-order valence-electron chi connectivity index (χ3n) is 7.71. The number of methoxy groups -OCH3 is 1. The maximum absolute atomic E-state index is 13.2. The van der Waals surface area contributed by atoms with E-state index in [9.17, 15) is 4.79 Å². The van der Waals surface area contributed by atoms with Gasteiger partial charge in [0.2, 0.25) is 5.91 Å². The number of nitrogens with zero attached hydrogens (tertiary/aromatic N) is 2. The standard InChI is InChI=1S/C33H37N3O2/c1-4-29-32(28-17-16-27(38-3)18-22(28)2)34-30(20-23-10-6-5-7-11-23)33(35-29)36-31(37)21-24-14-15-25-12-8-9-13-26(25)19-24/h8-9,12-19,23H,4-7,10-11,20-21H2,1-3H3,(H,35,36,37). The van der Waals surface area contributed by atoms with Crippen molar-refractivity contribution in [3.63, 3.8) is 0 Å². The molecule has 1 N–H and O–H groups in total. The van der Waals surface area contributed by atoms with Crippen LogP contribution in [-0.2, 0) is 24.1 Å². The molecule has 3 aromatic carbocycles. The number of aromatic nitrogens is 2. The number of nitrogens with one attached hydrogen (secondary N) is 1. The van der Waals surface area contributed by atoms with Crippen molar-refractivity contribution < 1.29 is 9.53 Å². The van der Waals surface area contributed by atoms with Crippen LogP contribution in [0, 0.1) is 12.8 Å². The molecule has 1 heterocycles. The minimum absolute atomic E-state index is 0.0603. The fourth-order valence-electron chi connectivity index (χ4n) is 5.61. The van der Waals surface area contributed by atoms with Crippen LogP contribution < -0.4 is 10.1 Å². The number of ether oxygens (including phenoxy) is 1. The number of anilines is 1. The average Bonchev–Trinajstić information content (AvgIpc) is 2.94. The van der Waals surface area contributed by atoms with Crippen molar-refractivity contribution in [2.45, 2.75) is 65.2 Å². The van der Waals surface area contributed by atoms with Crippen LogP contribution in [-0.4, -0.2) is 23.0 Å². The maximum Gasteiger partial charge on any atom is 0.229 e. The van der Waals surface area contributed by atoms with E-state index < -0.39 is 0 Å². The Balaban J connectivity index is 1.46. The maximum atomic E-state index is 13.2. The summed E-state index contributed by atoms with van der Waals surface area (Å²) in [5.41, 5.74) is 5.85. The molecule has 1 fully saturated rings. The summed E-state index contributed by atoms with van der Waals surface area (Å²) in [5, 5.41) is 5.47. The Bertz CT molecular complexity index is 1440. The molecule has 0 atom stereocenters. The average molecular weight is 508 g/mol. The zero-order chi connectivity index (χ0) is 26.5. The van der Waals surface area contributed by atoms with Gasteiger partial charge in [-0.3, -0.25) is 4.79 Å². The lowest BCUT2D eigenvalue weighted by atomic mass is 9.86. The van der Waals surface area contributed by atoms with E-state index >= 15 is 0 Å². The molecule has 0 aliphatic heterocycles. The molecule has 0 radical (unpaired) electrons. The van der Waals surface area contributed by atoms with Gasteiger partial charge in [0, 0.05) is 5.56 Å².